The van der Waals surface area contributed by atoms with Crippen molar-refractivity contribution in [3.63, 3.8) is 0 Å². The Balaban J connectivity index is 1.33. The van der Waals surface area contributed by atoms with Crippen LogP contribution in [-0.4, -0.2) is 88.8 Å². The Hall–Kier alpha value is -2.97. The second-order valence-corrected chi connectivity index (χ2v) is 10.9. The fraction of sp³-hybridized carbons (Fsp3) is 0.600. The Labute approximate surface area is 227 Å². The number of hydrogen-bond acceptors (Lipinski definition) is 10. The molecule has 2 fully saturated rings. The SMILES string of the molecule is Cc1nc(NCC(F)(F)F)nc(N[C@@H]2C[C@H](COC(=O)N3CCOCC3)[C@@H](O)C2)c1-c1nc2c(s1)C=CCC2. The molecule has 1 aliphatic heterocycles. The first kappa shape index (κ1) is 27.6. The third-order valence-electron chi connectivity index (χ3n) is 6.98. The summed E-state index contributed by atoms with van der Waals surface area (Å²) in [5.74, 6) is -0.0868. The molecule has 3 N–H and O–H groups in total. The maximum Gasteiger partial charge on any atom is 0.409 e. The highest BCUT2D eigenvalue weighted by Crippen LogP contribution is 2.39. The number of allylic oxidation sites excluding steroid dienone is 1. The van der Waals surface area contributed by atoms with Crippen LogP contribution >= 0.6 is 11.3 Å². The molecule has 0 unspecified atom stereocenters. The first-order valence-corrected chi connectivity index (χ1v) is 13.8. The van der Waals surface area contributed by atoms with Gasteiger partial charge in [0.05, 0.1) is 47.8 Å². The summed E-state index contributed by atoms with van der Waals surface area (Å²) in [7, 11) is 0. The Morgan fingerprint density at radius 3 is 2.79 bits per heavy atom. The van der Waals surface area contributed by atoms with Crippen molar-refractivity contribution in [2.24, 2.45) is 5.92 Å². The molecule has 0 bridgehead atoms. The summed E-state index contributed by atoms with van der Waals surface area (Å²) in [5.41, 5.74) is 2.08. The van der Waals surface area contributed by atoms with Crippen LogP contribution in [0.2, 0.25) is 0 Å². The lowest BCUT2D eigenvalue weighted by molar-refractivity contribution is -0.115. The minimum absolute atomic E-state index is 0.0646. The topological polar surface area (TPSA) is 122 Å². The van der Waals surface area contributed by atoms with Crippen molar-refractivity contribution in [1.29, 1.82) is 0 Å². The van der Waals surface area contributed by atoms with Crippen LogP contribution < -0.4 is 10.6 Å². The average molecular weight is 569 g/mol. The van der Waals surface area contributed by atoms with Gasteiger partial charge in [-0.1, -0.05) is 6.08 Å². The first-order chi connectivity index (χ1) is 18.7. The number of rotatable bonds is 7. The standard InChI is InChI=1S/C25H31F3N6O4S/c1-14-20(22-32-17-4-2-3-5-19(17)39-22)21(33-23(30-14)29-13-25(26,27)28)31-16-10-15(18(35)11-16)12-38-24(36)34-6-8-37-9-7-34/h3,5,15-16,18,35H,2,4,6-13H2,1H3,(H2,29,30,31,33)/t15-,16-,18+/m1/s1. The van der Waals surface area contributed by atoms with Gasteiger partial charge in [0.1, 0.15) is 17.4 Å². The van der Waals surface area contributed by atoms with Gasteiger partial charge >= 0.3 is 12.3 Å². The molecule has 14 heteroatoms. The number of amides is 1. The van der Waals surface area contributed by atoms with Gasteiger partial charge in [-0.3, -0.25) is 0 Å². The molecule has 0 aromatic carbocycles. The van der Waals surface area contributed by atoms with Gasteiger partial charge in [0.25, 0.3) is 0 Å². The van der Waals surface area contributed by atoms with E-state index in [1.54, 1.807) is 11.8 Å². The molecule has 5 rings (SSSR count). The van der Waals surface area contributed by atoms with Gasteiger partial charge in [-0.25, -0.2) is 14.8 Å². The van der Waals surface area contributed by atoms with E-state index < -0.39 is 24.9 Å². The average Bonchev–Trinajstić information content (AvgIpc) is 3.48. The number of carbonyl (C=O) groups excluding carboxylic acids is 1. The van der Waals surface area contributed by atoms with Crippen LogP contribution in [0, 0.1) is 12.8 Å². The third kappa shape index (κ3) is 6.79. The van der Waals surface area contributed by atoms with Gasteiger partial charge in [-0.2, -0.15) is 18.2 Å². The van der Waals surface area contributed by atoms with Gasteiger partial charge in [-0.15, -0.1) is 11.3 Å². The lowest BCUT2D eigenvalue weighted by Crippen LogP contribution is -2.41. The van der Waals surface area contributed by atoms with Crippen LogP contribution in [0.15, 0.2) is 6.08 Å². The molecule has 1 saturated heterocycles. The number of aliphatic hydroxyl groups is 1. The Morgan fingerprint density at radius 1 is 1.26 bits per heavy atom. The highest BCUT2D eigenvalue weighted by atomic mass is 32.1. The smallest absolute Gasteiger partial charge is 0.409 e. The van der Waals surface area contributed by atoms with Gasteiger partial charge < -0.3 is 30.1 Å². The summed E-state index contributed by atoms with van der Waals surface area (Å²) in [4.78, 5) is 28.4. The molecule has 2 aromatic rings. The number of nitrogens with one attached hydrogen (secondary N) is 2. The van der Waals surface area contributed by atoms with E-state index in [0.717, 1.165) is 23.4 Å². The molecule has 1 saturated carbocycles. The van der Waals surface area contributed by atoms with Crippen molar-refractivity contribution in [3.8, 4) is 10.6 Å². The van der Waals surface area contributed by atoms with Crippen molar-refractivity contribution >= 4 is 35.3 Å². The molecule has 10 nitrogen and oxygen atoms in total. The minimum Gasteiger partial charge on any atom is -0.449 e. The van der Waals surface area contributed by atoms with Crippen LogP contribution in [0.3, 0.4) is 0 Å². The van der Waals surface area contributed by atoms with Crippen LogP contribution in [0.1, 0.15) is 35.5 Å². The zero-order chi connectivity index (χ0) is 27.6. The van der Waals surface area contributed by atoms with Crippen LogP contribution in [0.25, 0.3) is 16.6 Å². The van der Waals surface area contributed by atoms with Gasteiger partial charge in [0, 0.05) is 25.0 Å². The second kappa shape index (κ2) is 11.6. The highest BCUT2D eigenvalue weighted by Gasteiger charge is 2.36. The molecule has 1 amide bonds. The first-order valence-electron chi connectivity index (χ1n) is 13.0. The number of nitrogens with zero attached hydrogens (tertiary/aromatic N) is 4. The summed E-state index contributed by atoms with van der Waals surface area (Å²) in [6.07, 6.45) is 1.11. The fourth-order valence-corrected chi connectivity index (χ4v) is 6.13. The van der Waals surface area contributed by atoms with Crippen LogP contribution in [0.4, 0.5) is 29.7 Å². The lowest BCUT2D eigenvalue weighted by Gasteiger charge is -2.26. The van der Waals surface area contributed by atoms with Crippen LogP contribution in [0.5, 0.6) is 0 Å². The molecular weight excluding hydrogens is 537 g/mol. The van der Waals surface area contributed by atoms with E-state index in [0.29, 0.717) is 61.2 Å². The minimum atomic E-state index is -4.42. The van der Waals surface area contributed by atoms with Crippen molar-refractivity contribution < 1.29 is 32.5 Å². The molecule has 3 heterocycles. The number of aryl methyl sites for hydroxylation is 2. The largest absolute Gasteiger partial charge is 0.449 e. The fourth-order valence-electron chi connectivity index (χ4n) is 4.99. The van der Waals surface area contributed by atoms with Gasteiger partial charge in [0.2, 0.25) is 5.95 Å². The molecule has 3 aliphatic rings. The van der Waals surface area contributed by atoms with Gasteiger partial charge in [0.15, 0.2) is 0 Å². The highest BCUT2D eigenvalue weighted by molar-refractivity contribution is 7.16. The Morgan fingerprint density at radius 2 is 2.05 bits per heavy atom. The zero-order valence-corrected chi connectivity index (χ0v) is 22.3. The number of fused-ring (bicyclic) bond motifs is 1. The van der Waals surface area contributed by atoms with Crippen molar-refractivity contribution in [2.75, 3.05) is 50.1 Å². The van der Waals surface area contributed by atoms with Crippen molar-refractivity contribution in [3.05, 3.63) is 22.3 Å². The lowest BCUT2D eigenvalue weighted by atomic mass is 10.1. The normalized spacial score (nSPS) is 23.0. The van der Waals surface area contributed by atoms with E-state index in [4.69, 9.17) is 14.5 Å². The number of anilines is 2. The number of aliphatic hydroxyl groups excluding tert-OH is 1. The number of hydrogen-bond donors (Lipinski definition) is 3. The number of morpholine rings is 1. The molecule has 2 aliphatic carbocycles. The van der Waals surface area contributed by atoms with E-state index in [2.05, 4.69) is 26.7 Å². The van der Waals surface area contributed by atoms with Gasteiger partial charge in [-0.05, 0) is 38.7 Å². The van der Waals surface area contributed by atoms with E-state index in [9.17, 15) is 23.1 Å². The summed E-state index contributed by atoms with van der Waals surface area (Å²) >= 11 is 1.49. The molecule has 3 atom stereocenters. The third-order valence-corrected chi connectivity index (χ3v) is 8.06. The summed E-state index contributed by atoms with van der Waals surface area (Å²) in [5, 5.41) is 17.0. The number of alkyl halides is 3. The molecular formula is C25H31F3N6O4S. The number of aromatic nitrogens is 3. The van der Waals surface area contributed by atoms with E-state index in [1.807, 2.05) is 6.08 Å². The van der Waals surface area contributed by atoms with Crippen molar-refractivity contribution in [1.82, 2.24) is 19.9 Å². The van der Waals surface area contributed by atoms with Crippen molar-refractivity contribution in [2.45, 2.75) is 50.9 Å². The summed E-state index contributed by atoms with van der Waals surface area (Å²) in [6.45, 7) is 2.38. The number of ether oxygens (including phenoxy) is 2. The van der Waals surface area contributed by atoms with Crippen LogP contribution in [-0.2, 0) is 15.9 Å². The molecule has 2 aromatic heterocycles. The second-order valence-electron chi connectivity index (χ2n) is 9.91. The van der Waals surface area contributed by atoms with E-state index in [-0.39, 0.29) is 24.5 Å². The Bertz CT molecular complexity index is 1220. The summed E-state index contributed by atoms with van der Waals surface area (Å²) < 4.78 is 49.3. The number of halogens is 3. The summed E-state index contributed by atoms with van der Waals surface area (Å²) in [6, 6.07) is -0.245. The quantitative estimate of drug-likeness (QED) is 0.457. The zero-order valence-electron chi connectivity index (χ0n) is 21.5. The predicted octanol–water partition coefficient (Wildman–Crippen LogP) is 3.86. The van der Waals surface area contributed by atoms with E-state index in [1.165, 1.54) is 11.3 Å². The molecule has 0 radical (unpaired) electrons. The maximum atomic E-state index is 12.9. The monoisotopic (exact) mass is 568 g/mol. The molecule has 39 heavy (non-hydrogen) atoms. The Kier molecular flexibility index (Phi) is 8.24. The number of carbonyl (C=O) groups is 1. The maximum absolute atomic E-state index is 12.9. The molecule has 0 spiro atoms. The number of thiazole rings is 1. The molecule has 212 valence electrons. The van der Waals surface area contributed by atoms with E-state index >= 15 is 0 Å². The predicted molar refractivity (Wildman–Crippen MR) is 140 cm³/mol.